The van der Waals surface area contributed by atoms with Gasteiger partial charge in [0.2, 0.25) is 5.76 Å². The number of aromatic carboxylic acids is 1. The SMILES string of the molecule is O=C(O)c1ccc(Sc2ccnc3ccccc23)o1. The third kappa shape index (κ3) is 2.32. The van der Waals surface area contributed by atoms with Crippen LogP contribution >= 0.6 is 11.8 Å². The number of hydrogen-bond acceptors (Lipinski definition) is 4. The normalized spacial score (nSPS) is 10.7. The van der Waals surface area contributed by atoms with Crippen LogP contribution in [0.25, 0.3) is 10.9 Å². The molecule has 0 unspecified atom stereocenters. The fourth-order valence-corrected chi connectivity index (χ4v) is 2.65. The van der Waals surface area contributed by atoms with Gasteiger partial charge in [0.25, 0.3) is 0 Å². The molecule has 0 saturated heterocycles. The van der Waals surface area contributed by atoms with Gasteiger partial charge in [-0.25, -0.2) is 4.79 Å². The molecule has 5 heteroatoms. The number of benzene rings is 1. The van der Waals surface area contributed by atoms with Crippen LogP contribution in [0.4, 0.5) is 0 Å². The van der Waals surface area contributed by atoms with Gasteiger partial charge in [0, 0.05) is 16.5 Å². The van der Waals surface area contributed by atoms with E-state index in [4.69, 9.17) is 9.52 Å². The minimum atomic E-state index is -1.06. The topological polar surface area (TPSA) is 63.3 Å². The van der Waals surface area contributed by atoms with Gasteiger partial charge < -0.3 is 9.52 Å². The molecule has 0 bridgehead atoms. The highest BCUT2D eigenvalue weighted by atomic mass is 32.2. The van der Waals surface area contributed by atoms with E-state index in [0.717, 1.165) is 15.8 Å². The Kier molecular flexibility index (Phi) is 2.97. The van der Waals surface area contributed by atoms with Crippen LogP contribution < -0.4 is 0 Å². The highest BCUT2D eigenvalue weighted by molar-refractivity contribution is 7.99. The van der Waals surface area contributed by atoms with Crippen molar-refractivity contribution in [1.82, 2.24) is 4.98 Å². The monoisotopic (exact) mass is 271 g/mol. The summed E-state index contributed by atoms with van der Waals surface area (Å²) in [6.45, 7) is 0. The Morgan fingerprint density at radius 3 is 2.79 bits per heavy atom. The summed E-state index contributed by atoms with van der Waals surface area (Å²) in [5.74, 6) is -1.12. The summed E-state index contributed by atoms with van der Waals surface area (Å²) in [6, 6.07) is 12.8. The number of aromatic nitrogens is 1. The quantitative estimate of drug-likeness (QED) is 0.787. The summed E-state index contributed by atoms with van der Waals surface area (Å²) in [5, 5.41) is 10.4. The van der Waals surface area contributed by atoms with E-state index in [0.29, 0.717) is 5.09 Å². The minimum Gasteiger partial charge on any atom is -0.475 e. The second-order valence-electron chi connectivity index (χ2n) is 3.85. The van der Waals surface area contributed by atoms with Crippen molar-refractivity contribution in [1.29, 1.82) is 0 Å². The maximum absolute atomic E-state index is 10.8. The van der Waals surface area contributed by atoms with Crippen molar-refractivity contribution >= 4 is 28.6 Å². The fourth-order valence-electron chi connectivity index (χ4n) is 1.76. The Hall–Kier alpha value is -2.27. The number of carboxylic acid groups (broad SMARTS) is 1. The third-order valence-corrected chi connectivity index (χ3v) is 3.61. The average Bonchev–Trinajstić information content (AvgIpc) is 2.88. The van der Waals surface area contributed by atoms with Crippen molar-refractivity contribution in [2.75, 3.05) is 0 Å². The van der Waals surface area contributed by atoms with Crippen molar-refractivity contribution in [3.63, 3.8) is 0 Å². The second kappa shape index (κ2) is 4.78. The van der Waals surface area contributed by atoms with Crippen LogP contribution in [-0.4, -0.2) is 16.1 Å². The zero-order valence-corrected chi connectivity index (χ0v) is 10.6. The van der Waals surface area contributed by atoms with E-state index in [-0.39, 0.29) is 5.76 Å². The number of rotatable bonds is 3. The van der Waals surface area contributed by atoms with E-state index in [2.05, 4.69) is 4.98 Å². The van der Waals surface area contributed by atoms with E-state index in [1.807, 2.05) is 30.3 Å². The summed E-state index contributed by atoms with van der Waals surface area (Å²) in [4.78, 5) is 16.0. The van der Waals surface area contributed by atoms with Crippen molar-refractivity contribution in [3.8, 4) is 0 Å². The first-order valence-corrected chi connectivity index (χ1v) is 6.40. The largest absolute Gasteiger partial charge is 0.475 e. The van der Waals surface area contributed by atoms with Gasteiger partial charge in [-0.1, -0.05) is 30.0 Å². The standard InChI is InChI=1S/C14H9NO3S/c16-14(17)11-5-6-13(18-11)19-12-7-8-15-10-4-2-1-3-9(10)12/h1-8H,(H,16,17). The molecule has 2 heterocycles. The van der Waals surface area contributed by atoms with Crippen molar-refractivity contribution in [3.05, 3.63) is 54.4 Å². The molecule has 3 aromatic rings. The first-order valence-electron chi connectivity index (χ1n) is 5.59. The zero-order valence-electron chi connectivity index (χ0n) is 9.74. The predicted octanol–water partition coefficient (Wildman–Crippen LogP) is 3.68. The van der Waals surface area contributed by atoms with E-state index in [1.54, 1.807) is 12.3 Å². The lowest BCUT2D eigenvalue weighted by atomic mass is 10.2. The number of nitrogens with zero attached hydrogens (tertiary/aromatic N) is 1. The molecule has 0 spiro atoms. The molecule has 0 radical (unpaired) electrons. The molecule has 1 aromatic carbocycles. The first-order chi connectivity index (χ1) is 9.24. The molecule has 1 N–H and O–H groups in total. The molecular weight excluding hydrogens is 262 g/mol. The van der Waals surface area contributed by atoms with Gasteiger partial charge in [0.15, 0.2) is 5.09 Å². The summed E-state index contributed by atoms with van der Waals surface area (Å²) in [7, 11) is 0. The van der Waals surface area contributed by atoms with Crippen LogP contribution in [0, 0.1) is 0 Å². The molecule has 0 saturated carbocycles. The molecule has 2 aromatic heterocycles. The fraction of sp³-hybridized carbons (Fsp3) is 0. The molecule has 0 aliphatic heterocycles. The highest BCUT2D eigenvalue weighted by Gasteiger charge is 2.11. The highest BCUT2D eigenvalue weighted by Crippen LogP contribution is 2.33. The molecule has 4 nitrogen and oxygen atoms in total. The summed E-state index contributed by atoms with van der Waals surface area (Å²) < 4.78 is 5.24. The van der Waals surface area contributed by atoms with Gasteiger partial charge in [-0.05, 0) is 24.3 Å². The van der Waals surface area contributed by atoms with Gasteiger partial charge in [-0.3, -0.25) is 4.98 Å². The van der Waals surface area contributed by atoms with E-state index in [9.17, 15) is 4.79 Å². The summed E-state index contributed by atoms with van der Waals surface area (Å²) in [6.07, 6.45) is 1.73. The van der Waals surface area contributed by atoms with Crippen LogP contribution in [0.1, 0.15) is 10.6 Å². The molecule has 19 heavy (non-hydrogen) atoms. The maximum atomic E-state index is 10.8. The molecular formula is C14H9NO3S. The molecule has 0 aliphatic carbocycles. The Labute approximate surface area is 113 Å². The van der Waals surface area contributed by atoms with E-state index >= 15 is 0 Å². The van der Waals surface area contributed by atoms with Gasteiger partial charge in [-0.2, -0.15) is 0 Å². The lowest BCUT2D eigenvalue weighted by Gasteiger charge is -2.03. The molecule has 0 amide bonds. The van der Waals surface area contributed by atoms with Crippen LogP contribution in [0.3, 0.4) is 0 Å². The van der Waals surface area contributed by atoms with Gasteiger partial charge in [0.1, 0.15) is 0 Å². The van der Waals surface area contributed by atoms with E-state index in [1.165, 1.54) is 17.8 Å². The Balaban J connectivity index is 1.98. The first kappa shape index (κ1) is 11.8. The molecule has 3 rings (SSSR count). The number of para-hydroxylation sites is 1. The Bertz CT molecular complexity index is 746. The predicted molar refractivity (Wildman–Crippen MR) is 71.5 cm³/mol. The minimum absolute atomic E-state index is 0.0548. The number of fused-ring (bicyclic) bond motifs is 1. The van der Waals surface area contributed by atoms with Crippen LogP contribution in [0.15, 0.2) is 63.1 Å². The second-order valence-corrected chi connectivity index (χ2v) is 4.90. The van der Waals surface area contributed by atoms with Crippen molar-refractivity contribution < 1.29 is 14.3 Å². The van der Waals surface area contributed by atoms with Crippen molar-refractivity contribution in [2.24, 2.45) is 0 Å². The van der Waals surface area contributed by atoms with Gasteiger partial charge in [-0.15, -0.1) is 0 Å². The smallest absolute Gasteiger partial charge is 0.371 e. The number of pyridine rings is 1. The summed E-state index contributed by atoms with van der Waals surface area (Å²) >= 11 is 1.39. The third-order valence-electron chi connectivity index (χ3n) is 2.61. The number of carbonyl (C=O) groups is 1. The maximum Gasteiger partial charge on any atom is 0.371 e. The molecule has 0 fully saturated rings. The lowest BCUT2D eigenvalue weighted by molar-refractivity contribution is 0.0656. The lowest BCUT2D eigenvalue weighted by Crippen LogP contribution is -1.91. The van der Waals surface area contributed by atoms with Gasteiger partial charge >= 0.3 is 5.97 Å². The molecule has 94 valence electrons. The van der Waals surface area contributed by atoms with Crippen LogP contribution in [0.2, 0.25) is 0 Å². The zero-order chi connectivity index (χ0) is 13.2. The molecule has 0 aliphatic rings. The number of hydrogen-bond donors (Lipinski definition) is 1. The Morgan fingerprint density at radius 2 is 2.00 bits per heavy atom. The average molecular weight is 271 g/mol. The van der Waals surface area contributed by atoms with Crippen LogP contribution in [-0.2, 0) is 0 Å². The Morgan fingerprint density at radius 1 is 1.16 bits per heavy atom. The van der Waals surface area contributed by atoms with E-state index < -0.39 is 5.97 Å². The van der Waals surface area contributed by atoms with Crippen LogP contribution in [0.5, 0.6) is 0 Å². The summed E-state index contributed by atoms with van der Waals surface area (Å²) in [5.41, 5.74) is 0.900. The van der Waals surface area contributed by atoms with Gasteiger partial charge in [0.05, 0.1) is 5.52 Å². The number of carboxylic acids is 1. The van der Waals surface area contributed by atoms with Crippen molar-refractivity contribution in [2.45, 2.75) is 9.99 Å². The molecule has 0 atom stereocenters. The number of furan rings is 1.